The van der Waals surface area contributed by atoms with Crippen LogP contribution in [0.1, 0.15) is 20.8 Å². The largest absolute Gasteiger partial charge is 0.467 e. The summed E-state index contributed by atoms with van der Waals surface area (Å²) in [6, 6.07) is 0. The molecule has 0 aliphatic carbocycles. The molecule has 0 bridgehead atoms. The summed E-state index contributed by atoms with van der Waals surface area (Å²) < 4.78 is 15.7. The summed E-state index contributed by atoms with van der Waals surface area (Å²) in [4.78, 5) is 11.1. The van der Waals surface area contributed by atoms with Crippen molar-refractivity contribution in [3.05, 3.63) is 0 Å². The molecule has 4 nitrogen and oxygen atoms in total. The third-order valence-electron chi connectivity index (χ3n) is 3.43. The quantitative estimate of drug-likeness (QED) is 0.432. The van der Waals surface area contributed by atoms with Gasteiger partial charge >= 0.3 is 5.97 Å². The molecule has 1 rings (SSSR count). The molecule has 1 fully saturated rings. The van der Waals surface area contributed by atoms with Crippen molar-refractivity contribution in [1.82, 2.24) is 0 Å². The highest BCUT2D eigenvalue weighted by Crippen LogP contribution is 2.37. The Morgan fingerprint density at radius 3 is 2.38 bits per heavy atom. The number of methoxy groups -OCH3 is 1. The Morgan fingerprint density at radius 2 is 1.94 bits per heavy atom. The summed E-state index contributed by atoms with van der Waals surface area (Å²) in [5.41, 5.74) is 0. The molecule has 2 atom stereocenters. The molecule has 16 heavy (non-hydrogen) atoms. The van der Waals surface area contributed by atoms with E-state index in [-0.39, 0.29) is 17.1 Å². The fourth-order valence-corrected chi connectivity index (χ4v) is 2.11. The highest BCUT2D eigenvalue weighted by molar-refractivity contribution is 6.74. The second-order valence-corrected chi connectivity index (χ2v) is 10.5. The molecule has 0 aromatic heterocycles. The Kier molecular flexibility index (Phi) is 3.82. The normalized spacial score (nSPS) is 25.4. The molecule has 1 aliphatic rings. The van der Waals surface area contributed by atoms with Crippen LogP contribution in [0, 0.1) is 0 Å². The van der Waals surface area contributed by atoms with Gasteiger partial charge in [0.2, 0.25) is 0 Å². The van der Waals surface area contributed by atoms with Gasteiger partial charge in [-0.25, -0.2) is 4.79 Å². The van der Waals surface area contributed by atoms with Gasteiger partial charge in [-0.3, -0.25) is 0 Å². The van der Waals surface area contributed by atoms with Gasteiger partial charge in [0.25, 0.3) is 0 Å². The monoisotopic (exact) mass is 246 g/mol. The van der Waals surface area contributed by atoms with E-state index in [1.807, 2.05) is 0 Å². The first-order chi connectivity index (χ1) is 7.19. The molecule has 94 valence electrons. The van der Waals surface area contributed by atoms with Gasteiger partial charge in [-0.05, 0) is 18.1 Å². The Labute approximate surface area is 98.4 Å². The van der Waals surface area contributed by atoms with Crippen LogP contribution < -0.4 is 0 Å². The number of hydrogen-bond donors (Lipinski definition) is 0. The minimum atomic E-state index is -1.73. The molecule has 1 heterocycles. The van der Waals surface area contributed by atoms with E-state index in [1.165, 1.54) is 7.11 Å². The molecule has 0 unspecified atom stereocenters. The van der Waals surface area contributed by atoms with E-state index in [4.69, 9.17) is 9.16 Å². The molecule has 0 amide bonds. The lowest BCUT2D eigenvalue weighted by atomic mass is 10.2. The van der Waals surface area contributed by atoms with E-state index < -0.39 is 14.4 Å². The zero-order chi connectivity index (χ0) is 12.6. The lowest BCUT2D eigenvalue weighted by Crippen LogP contribution is -2.41. The van der Waals surface area contributed by atoms with Gasteiger partial charge < -0.3 is 13.9 Å². The standard InChI is InChI=1S/C11H22O4Si/c1-11(2,3)16(5,6)14-7-8-9(15-8)10(12)13-4/h8-9H,7H2,1-6H3/t8-,9+/m1/s1. The minimum Gasteiger partial charge on any atom is -0.467 e. The average Bonchev–Trinajstić information content (AvgIpc) is 2.91. The molecule has 0 spiro atoms. The fraction of sp³-hybridized carbons (Fsp3) is 0.909. The van der Waals surface area contributed by atoms with Crippen molar-refractivity contribution in [2.24, 2.45) is 0 Å². The second kappa shape index (κ2) is 4.47. The van der Waals surface area contributed by atoms with E-state index >= 15 is 0 Å². The number of rotatable bonds is 4. The van der Waals surface area contributed by atoms with E-state index in [2.05, 4.69) is 38.6 Å². The zero-order valence-corrected chi connectivity index (χ0v) is 12.0. The first-order valence-corrected chi connectivity index (χ1v) is 8.47. The van der Waals surface area contributed by atoms with Gasteiger partial charge in [0, 0.05) is 0 Å². The van der Waals surface area contributed by atoms with Crippen LogP contribution in [0.3, 0.4) is 0 Å². The molecule has 1 saturated heterocycles. The molecule has 0 saturated carbocycles. The zero-order valence-electron chi connectivity index (χ0n) is 11.0. The average molecular weight is 246 g/mol. The molecule has 5 heteroatoms. The van der Waals surface area contributed by atoms with E-state index in [9.17, 15) is 4.79 Å². The first kappa shape index (κ1) is 13.7. The summed E-state index contributed by atoms with van der Waals surface area (Å²) in [6.45, 7) is 11.4. The number of carbonyl (C=O) groups is 1. The van der Waals surface area contributed by atoms with Crippen LogP contribution in [0.25, 0.3) is 0 Å². The Hall–Kier alpha value is -0.393. The minimum absolute atomic E-state index is 0.110. The third kappa shape index (κ3) is 3.05. The van der Waals surface area contributed by atoms with Crippen molar-refractivity contribution >= 4 is 14.3 Å². The summed E-state index contributed by atoms with van der Waals surface area (Å²) in [7, 11) is -0.364. The van der Waals surface area contributed by atoms with Gasteiger partial charge in [0.05, 0.1) is 13.7 Å². The van der Waals surface area contributed by atoms with Gasteiger partial charge in [-0.1, -0.05) is 20.8 Å². The summed E-state index contributed by atoms with van der Waals surface area (Å²) in [5.74, 6) is -0.302. The lowest BCUT2D eigenvalue weighted by Gasteiger charge is -2.35. The maximum absolute atomic E-state index is 11.1. The maximum atomic E-state index is 11.1. The van der Waals surface area contributed by atoms with E-state index in [1.54, 1.807) is 0 Å². The maximum Gasteiger partial charge on any atom is 0.337 e. The molecule has 0 aromatic carbocycles. The Bertz CT molecular complexity index is 270. The molecular formula is C11H22O4Si. The molecule has 0 radical (unpaired) electrons. The van der Waals surface area contributed by atoms with Gasteiger partial charge in [0.1, 0.15) is 6.10 Å². The number of epoxide rings is 1. The predicted octanol–water partition coefficient (Wildman–Crippen LogP) is 1.95. The van der Waals surface area contributed by atoms with E-state index in [0.717, 1.165) is 0 Å². The molecule has 0 aromatic rings. The fourth-order valence-electron chi connectivity index (χ4n) is 1.10. The summed E-state index contributed by atoms with van der Waals surface area (Å²) in [6.07, 6.45) is -0.517. The van der Waals surface area contributed by atoms with Crippen molar-refractivity contribution in [3.8, 4) is 0 Å². The first-order valence-electron chi connectivity index (χ1n) is 5.56. The summed E-state index contributed by atoms with van der Waals surface area (Å²) in [5, 5.41) is 0.183. The van der Waals surface area contributed by atoms with Crippen molar-refractivity contribution in [1.29, 1.82) is 0 Å². The van der Waals surface area contributed by atoms with E-state index in [0.29, 0.717) is 6.61 Å². The molecular weight excluding hydrogens is 224 g/mol. The second-order valence-electron chi connectivity index (χ2n) is 5.69. The smallest absolute Gasteiger partial charge is 0.337 e. The van der Waals surface area contributed by atoms with Crippen molar-refractivity contribution in [3.63, 3.8) is 0 Å². The lowest BCUT2D eigenvalue weighted by molar-refractivity contribution is -0.142. The number of esters is 1. The van der Waals surface area contributed by atoms with Crippen LogP contribution in [0.15, 0.2) is 0 Å². The van der Waals surface area contributed by atoms with Crippen LogP contribution >= 0.6 is 0 Å². The number of hydrogen-bond acceptors (Lipinski definition) is 4. The Balaban J connectivity index is 2.35. The highest BCUT2D eigenvalue weighted by atomic mass is 28.4. The topological polar surface area (TPSA) is 48.1 Å². The SMILES string of the molecule is COC(=O)[C@H]1O[C@@H]1CO[Si](C)(C)C(C)(C)C. The van der Waals surface area contributed by atoms with Crippen LogP contribution in [0.2, 0.25) is 18.1 Å². The molecule has 0 N–H and O–H groups in total. The van der Waals surface area contributed by atoms with Crippen molar-refractivity contribution in [2.45, 2.75) is 51.1 Å². The number of carbonyl (C=O) groups excluding carboxylic acids is 1. The highest BCUT2D eigenvalue weighted by Gasteiger charge is 2.48. The summed E-state index contributed by atoms with van der Waals surface area (Å²) >= 11 is 0. The number of ether oxygens (including phenoxy) is 2. The predicted molar refractivity (Wildman–Crippen MR) is 63.8 cm³/mol. The van der Waals surface area contributed by atoms with Crippen LogP contribution in [-0.4, -0.2) is 40.2 Å². The van der Waals surface area contributed by atoms with Crippen LogP contribution in [0.4, 0.5) is 0 Å². The van der Waals surface area contributed by atoms with Crippen LogP contribution in [0.5, 0.6) is 0 Å². The Morgan fingerprint density at radius 1 is 1.38 bits per heavy atom. The van der Waals surface area contributed by atoms with Crippen molar-refractivity contribution in [2.75, 3.05) is 13.7 Å². The van der Waals surface area contributed by atoms with Crippen LogP contribution in [-0.2, 0) is 18.7 Å². The van der Waals surface area contributed by atoms with Gasteiger partial charge in [0.15, 0.2) is 14.4 Å². The molecule has 1 aliphatic heterocycles. The van der Waals surface area contributed by atoms with Gasteiger partial charge in [-0.15, -0.1) is 0 Å². The van der Waals surface area contributed by atoms with Gasteiger partial charge in [-0.2, -0.15) is 0 Å². The third-order valence-corrected chi connectivity index (χ3v) is 7.93. The van der Waals surface area contributed by atoms with Crippen molar-refractivity contribution < 1.29 is 18.7 Å².